The average molecular weight is 297 g/mol. The molecule has 1 aromatic rings. The lowest BCUT2D eigenvalue weighted by molar-refractivity contribution is 0.306. The van der Waals surface area contributed by atoms with Crippen molar-refractivity contribution >= 4 is 34.8 Å². The van der Waals surface area contributed by atoms with Crippen LogP contribution in [0.15, 0.2) is 12.1 Å². The molecular formula is C12H16Cl3NO. The predicted molar refractivity (Wildman–Crippen MR) is 74.7 cm³/mol. The number of rotatable bonds is 6. The molecule has 0 radical (unpaired) electrons. The highest BCUT2D eigenvalue weighted by molar-refractivity contribution is 6.40. The standard InChI is InChI=1S/C12H16Cl3NO/c1-3-8(2)16-4-5-17-12-10(14)6-9(13)7-11(12)15/h6-8,16H,3-5H2,1-2H3. The van der Waals surface area contributed by atoms with Gasteiger partial charge in [0.1, 0.15) is 6.61 Å². The minimum absolute atomic E-state index is 0.436. The van der Waals surface area contributed by atoms with E-state index in [2.05, 4.69) is 19.2 Å². The van der Waals surface area contributed by atoms with E-state index >= 15 is 0 Å². The Morgan fingerprint density at radius 3 is 2.35 bits per heavy atom. The van der Waals surface area contributed by atoms with E-state index in [1.807, 2.05) is 0 Å². The Balaban J connectivity index is 2.47. The number of nitrogens with one attached hydrogen (secondary N) is 1. The molecule has 0 aromatic heterocycles. The summed E-state index contributed by atoms with van der Waals surface area (Å²) in [6.45, 7) is 5.53. The second-order valence-electron chi connectivity index (χ2n) is 3.81. The third kappa shape index (κ3) is 4.92. The lowest BCUT2D eigenvalue weighted by Crippen LogP contribution is -2.29. The normalized spacial score (nSPS) is 12.5. The molecular weight excluding hydrogens is 280 g/mol. The van der Waals surface area contributed by atoms with Crippen molar-refractivity contribution in [1.82, 2.24) is 5.32 Å². The van der Waals surface area contributed by atoms with E-state index in [0.717, 1.165) is 13.0 Å². The van der Waals surface area contributed by atoms with E-state index < -0.39 is 0 Å². The molecule has 17 heavy (non-hydrogen) atoms. The van der Waals surface area contributed by atoms with Gasteiger partial charge in [-0.2, -0.15) is 0 Å². The van der Waals surface area contributed by atoms with E-state index in [9.17, 15) is 0 Å². The summed E-state index contributed by atoms with van der Waals surface area (Å²) in [4.78, 5) is 0. The summed E-state index contributed by atoms with van der Waals surface area (Å²) in [5, 5.41) is 4.69. The molecule has 1 atom stereocenters. The van der Waals surface area contributed by atoms with Gasteiger partial charge in [-0.05, 0) is 25.5 Å². The lowest BCUT2D eigenvalue weighted by atomic mass is 10.3. The molecule has 0 saturated heterocycles. The Hall–Kier alpha value is -0.150. The third-order valence-corrected chi connectivity index (χ3v) is 3.20. The summed E-state index contributed by atoms with van der Waals surface area (Å²) in [5.41, 5.74) is 0. The Kier molecular flexibility index (Phi) is 6.42. The summed E-state index contributed by atoms with van der Waals surface area (Å²) in [6, 6.07) is 3.72. The highest BCUT2D eigenvalue weighted by Gasteiger charge is 2.09. The van der Waals surface area contributed by atoms with Gasteiger partial charge in [0.25, 0.3) is 0 Å². The van der Waals surface area contributed by atoms with Crippen molar-refractivity contribution in [2.45, 2.75) is 26.3 Å². The van der Waals surface area contributed by atoms with Crippen LogP contribution in [0.3, 0.4) is 0 Å². The highest BCUT2D eigenvalue weighted by atomic mass is 35.5. The first-order valence-corrected chi connectivity index (χ1v) is 6.68. The first kappa shape index (κ1) is 14.9. The molecule has 5 heteroatoms. The first-order chi connectivity index (χ1) is 8.04. The molecule has 1 rings (SSSR count). The number of ether oxygens (including phenoxy) is 1. The van der Waals surface area contributed by atoms with E-state index in [0.29, 0.717) is 33.5 Å². The molecule has 0 amide bonds. The fourth-order valence-corrected chi connectivity index (χ4v) is 2.20. The number of hydrogen-bond acceptors (Lipinski definition) is 2. The highest BCUT2D eigenvalue weighted by Crippen LogP contribution is 2.35. The minimum Gasteiger partial charge on any atom is -0.489 e. The zero-order valence-corrected chi connectivity index (χ0v) is 12.2. The number of halogens is 3. The summed E-state index contributed by atoms with van der Waals surface area (Å²) >= 11 is 17.8. The van der Waals surface area contributed by atoms with Crippen molar-refractivity contribution in [3.8, 4) is 5.75 Å². The van der Waals surface area contributed by atoms with Crippen molar-refractivity contribution in [2.24, 2.45) is 0 Å². The van der Waals surface area contributed by atoms with Gasteiger partial charge in [-0.1, -0.05) is 41.7 Å². The Bertz CT molecular complexity index is 348. The van der Waals surface area contributed by atoms with Crippen LogP contribution in [0.25, 0.3) is 0 Å². The maximum absolute atomic E-state index is 5.99. The topological polar surface area (TPSA) is 21.3 Å². The molecule has 0 aliphatic carbocycles. The average Bonchev–Trinajstić information content (AvgIpc) is 2.26. The molecule has 0 fully saturated rings. The van der Waals surface area contributed by atoms with Crippen LogP contribution in [-0.4, -0.2) is 19.2 Å². The van der Waals surface area contributed by atoms with Crippen LogP contribution in [0, 0.1) is 0 Å². The van der Waals surface area contributed by atoms with Crippen LogP contribution >= 0.6 is 34.8 Å². The van der Waals surface area contributed by atoms with Gasteiger partial charge in [0.15, 0.2) is 5.75 Å². The number of hydrogen-bond donors (Lipinski definition) is 1. The van der Waals surface area contributed by atoms with Crippen LogP contribution in [0.1, 0.15) is 20.3 Å². The second kappa shape index (κ2) is 7.32. The Morgan fingerprint density at radius 2 is 1.82 bits per heavy atom. The predicted octanol–water partition coefficient (Wildman–Crippen LogP) is 4.41. The van der Waals surface area contributed by atoms with Crippen molar-refractivity contribution in [1.29, 1.82) is 0 Å². The van der Waals surface area contributed by atoms with Gasteiger partial charge >= 0.3 is 0 Å². The van der Waals surface area contributed by atoms with Gasteiger partial charge in [0.05, 0.1) is 10.0 Å². The molecule has 0 saturated carbocycles. The van der Waals surface area contributed by atoms with E-state index in [4.69, 9.17) is 39.5 Å². The summed E-state index contributed by atoms with van der Waals surface area (Å²) in [6.07, 6.45) is 1.09. The van der Waals surface area contributed by atoms with E-state index in [-0.39, 0.29) is 0 Å². The van der Waals surface area contributed by atoms with Gasteiger partial charge in [-0.15, -0.1) is 0 Å². The molecule has 1 aromatic carbocycles. The van der Waals surface area contributed by atoms with E-state index in [1.165, 1.54) is 0 Å². The van der Waals surface area contributed by atoms with Crippen LogP contribution in [-0.2, 0) is 0 Å². The van der Waals surface area contributed by atoms with Gasteiger partial charge in [0, 0.05) is 17.6 Å². The van der Waals surface area contributed by atoms with Crippen molar-refractivity contribution in [3.63, 3.8) is 0 Å². The van der Waals surface area contributed by atoms with Crippen molar-refractivity contribution in [2.75, 3.05) is 13.2 Å². The van der Waals surface area contributed by atoms with Gasteiger partial charge in [-0.25, -0.2) is 0 Å². The second-order valence-corrected chi connectivity index (χ2v) is 5.06. The zero-order chi connectivity index (χ0) is 12.8. The van der Waals surface area contributed by atoms with Crippen LogP contribution in [0.5, 0.6) is 5.75 Å². The minimum atomic E-state index is 0.436. The maximum atomic E-state index is 5.99. The third-order valence-electron chi connectivity index (χ3n) is 2.42. The summed E-state index contributed by atoms with van der Waals surface area (Å²) < 4.78 is 5.53. The molecule has 1 N–H and O–H groups in total. The molecule has 0 heterocycles. The smallest absolute Gasteiger partial charge is 0.156 e. The Morgan fingerprint density at radius 1 is 1.24 bits per heavy atom. The molecule has 1 unspecified atom stereocenters. The van der Waals surface area contributed by atoms with E-state index in [1.54, 1.807) is 12.1 Å². The number of benzene rings is 1. The molecule has 0 aliphatic rings. The summed E-state index contributed by atoms with van der Waals surface area (Å²) in [5.74, 6) is 0.490. The largest absolute Gasteiger partial charge is 0.489 e. The monoisotopic (exact) mass is 295 g/mol. The summed E-state index contributed by atoms with van der Waals surface area (Å²) in [7, 11) is 0. The fourth-order valence-electron chi connectivity index (χ4n) is 1.27. The van der Waals surface area contributed by atoms with Gasteiger partial charge < -0.3 is 10.1 Å². The first-order valence-electron chi connectivity index (χ1n) is 5.55. The SMILES string of the molecule is CCC(C)NCCOc1c(Cl)cc(Cl)cc1Cl. The Labute approximate surface area is 117 Å². The zero-order valence-electron chi connectivity index (χ0n) is 9.90. The quantitative estimate of drug-likeness (QED) is 0.785. The van der Waals surface area contributed by atoms with Gasteiger partial charge in [0.2, 0.25) is 0 Å². The fraction of sp³-hybridized carbons (Fsp3) is 0.500. The van der Waals surface area contributed by atoms with Gasteiger partial charge in [-0.3, -0.25) is 0 Å². The maximum Gasteiger partial charge on any atom is 0.156 e. The lowest BCUT2D eigenvalue weighted by Gasteiger charge is -2.13. The van der Waals surface area contributed by atoms with Crippen molar-refractivity contribution < 1.29 is 4.74 Å². The molecule has 2 nitrogen and oxygen atoms in total. The molecule has 0 aliphatic heterocycles. The van der Waals surface area contributed by atoms with Crippen LogP contribution < -0.4 is 10.1 Å². The molecule has 0 bridgehead atoms. The van der Waals surface area contributed by atoms with Crippen LogP contribution in [0.4, 0.5) is 0 Å². The molecule has 0 spiro atoms. The molecule has 96 valence electrons. The van der Waals surface area contributed by atoms with Crippen LogP contribution in [0.2, 0.25) is 15.1 Å². The van der Waals surface area contributed by atoms with Crippen molar-refractivity contribution in [3.05, 3.63) is 27.2 Å².